The molecule has 0 aliphatic rings. The van der Waals surface area contributed by atoms with Crippen LogP contribution in [0.4, 0.5) is 4.79 Å². The Labute approximate surface area is 268 Å². The Balaban J connectivity index is 2.23. The standard InChI is InChI=1S/C35H52N4O6/c1-23(2)30(39(33(44)45)22-25-17-13-10-14-18-25)32(43)37-27(19-24-15-11-9-12-16-24)28(40)21-36-29(41)20-26(34(3,4)5)31(42)38-35(6,7)8/h9-18,23,26-28,30,40H,19-22H2,1-8H3,(H,36,41)(H,37,43)(H,38,42)(H,44,45)/t26-,27+,28-,30+/m1/s1. The van der Waals surface area contributed by atoms with Crippen molar-refractivity contribution < 1.29 is 29.4 Å². The molecule has 10 heteroatoms. The van der Waals surface area contributed by atoms with Crippen molar-refractivity contribution in [3.8, 4) is 0 Å². The predicted molar refractivity (Wildman–Crippen MR) is 175 cm³/mol. The molecule has 2 aromatic carbocycles. The topological polar surface area (TPSA) is 148 Å². The lowest BCUT2D eigenvalue weighted by Crippen LogP contribution is -2.57. The summed E-state index contributed by atoms with van der Waals surface area (Å²) in [5.74, 6) is -2.14. The summed E-state index contributed by atoms with van der Waals surface area (Å²) in [7, 11) is 0. The average Bonchev–Trinajstić information content (AvgIpc) is 2.93. The number of hydrogen-bond donors (Lipinski definition) is 5. The maximum absolute atomic E-state index is 13.7. The van der Waals surface area contributed by atoms with Crippen molar-refractivity contribution in [3.05, 3.63) is 71.8 Å². The molecular weight excluding hydrogens is 572 g/mol. The molecule has 5 N–H and O–H groups in total. The molecule has 10 nitrogen and oxygen atoms in total. The Hall–Kier alpha value is -3.92. The third-order valence-electron chi connectivity index (χ3n) is 7.53. The van der Waals surface area contributed by atoms with Crippen LogP contribution in [0.3, 0.4) is 0 Å². The number of nitrogens with one attached hydrogen (secondary N) is 3. The molecule has 0 fully saturated rings. The molecule has 0 spiro atoms. The van der Waals surface area contributed by atoms with Crippen LogP contribution >= 0.6 is 0 Å². The molecule has 0 aromatic heterocycles. The zero-order chi connectivity index (χ0) is 33.9. The van der Waals surface area contributed by atoms with E-state index >= 15 is 0 Å². The molecule has 0 saturated carbocycles. The molecular formula is C35H52N4O6. The van der Waals surface area contributed by atoms with Gasteiger partial charge in [0.05, 0.1) is 18.1 Å². The van der Waals surface area contributed by atoms with E-state index in [0.717, 1.165) is 16.0 Å². The van der Waals surface area contributed by atoms with E-state index < -0.39 is 53.0 Å². The average molecular weight is 625 g/mol. The molecule has 0 aliphatic carbocycles. The third kappa shape index (κ3) is 12.5. The fourth-order valence-corrected chi connectivity index (χ4v) is 5.16. The molecule has 0 heterocycles. The molecule has 4 amide bonds. The van der Waals surface area contributed by atoms with Gasteiger partial charge in [0.2, 0.25) is 17.7 Å². The first-order valence-corrected chi connectivity index (χ1v) is 15.5. The van der Waals surface area contributed by atoms with Crippen molar-refractivity contribution in [2.45, 2.75) is 98.5 Å². The van der Waals surface area contributed by atoms with E-state index in [9.17, 15) is 29.4 Å². The van der Waals surface area contributed by atoms with Crippen molar-refractivity contribution >= 4 is 23.8 Å². The van der Waals surface area contributed by atoms with Crippen LogP contribution in [0.25, 0.3) is 0 Å². The van der Waals surface area contributed by atoms with Crippen LogP contribution in [-0.2, 0) is 27.3 Å². The van der Waals surface area contributed by atoms with E-state index in [1.807, 2.05) is 77.9 Å². The molecule has 0 saturated heterocycles. The normalized spacial score (nSPS) is 14.5. The Morgan fingerprint density at radius 2 is 1.36 bits per heavy atom. The number of carbonyl (C=O) groups excluding carboxylic acids is 3. The van der Waals surface area contributed by atoms with Crippen LogP contribution in [0.15, 0.2) is 60.7 Å². The second-order valence-corrected chi connectivity index (χ2v) is 14.1. The van der Waals surface area contributed by atoms with Gasteiger partial charge in [-0.2, -0.15) is 0 Å². The largest absolute Gasteiger partial charge is 0.465 e. The maximum Gasteiger partial charge on any atom is 0.408 e. The first-order valence-electron chi connectivity index (χ1n) is 15.5. The Bertz CT molecular complexity index is 1250. The Kier molecular flexibility index (Phi) is 13.6. The van der Waals surface area contributed by atoms with E-state index in [1.165, 1.54) is 0 Å². The summed E-state index contributed by atoms with van der Waals surface area (Å²) in [5.41, 5.74) is 0.643. The van der Waals surface area contributed by atoms with Crippen LogP contribution in [0.5, 0.6) is 0 Å². The SMILES string of the molecule is CC(C)[C@@H](C(=O)N[C@@H](Cc1ccccc1)[C@H](O)CNC(=O)C[C@H](C(=O)NC(C)(C)C)C(C)(C)C)N(Cc1ccccc1)C(=O)O. The molecule has 4 atom stereocenters. The number of carboxylic acid groups (broad SMARTS) is 1. The minimum Gasteiger partial charge on any atom is -0.465 e. The number of carbonyl (C=O) groups is 4. The fourth-order valence-electron chi connectivity index (χ4n) is 5.16. The van der Waals surface area contributed by atoms with E-state index in [2.05, 4.69) is 16.0 Å². The number of aliphatic hydroxyl groups excluding tert-OH is 1. The quantitative estimate of drug-likeness (QED) is 0.211. The van der Waals surface area contributed by atoms with Crippen molar-refractivity contribution in [1.82, 2.24) is 20.9 Å². The lowest BCUT2D eigenvalue weighted by Gasteiger charge is -2.34. The van der Waals surface area contributed by atoms with E-state index in [1.54, 1.807) is 38.1 Å². The Morgan fingerprint density at radius 1 is 0.822 bits per heavy atom. The molecule has 0 bridgehead atoms. The van der Waals surface area contributed by atoms with Crippen molar-refractivity contribution in [3.63, 3.8) is 0 Å². The predicted octanol–water partition coefficient (Wildman–Crippen LogP) is 4.36. The van der Waals surface area contributed by atoms with Crippen molar-refractivity contribution in [2.24, 2.45) is 17.3 Å². The highest BCUT2D eigenvalue weighted by Gasteiger charge is 2.37. The van der Waals surface area contributed by atoms with Crippen LogP contribution in [0, 0.1) is 17.3 Å². The summed E-state index contributed by atoms with van der Waals surface area (Å²) in [6.45, 7) is 14.7. The maximum atomic E-state index is 13.7. The van der Waals surface area contributed by atoms with Gasteiger partial charge in [-0.05, 0) is 49.7 Å². The van der Waals surface area contributed by atoms with Crippen LogP contribution < -0.4 is 16.0 Å². The molecule has 2 aromatic rings. The molecule has 0 aliphatic heterocycles. The minimum atomic E-state index is -1.23. The molecule has 2 rings (SSSR count). The van der Waals surface area contributed by atoms with Gasteiger partial charge in [-0.1, -0.05) is 95.3 Å². The van der Waals surface area contributed by atoms with Crippen LogP contribution in [-0.4, -0.2) is 69.2 Å². The summed E-state index contributed by atoms with van der Waals surface area (Å²) in [4.78, 5) is 53.3. The summed E-state index contributed by atoms with van der Waals surface area (Å²) in [5, 5.41) is 30.0. The summed E-state index contributed by atoms with van der Waals surface area (Å²) >= 11 is 0. The summed E-state index contributed by atoms with van der Waals surface area (Å²) in [6, 6.07) is 16.5. The van der Waals surface area contributed by atoms with Gasteiger partial charge >= 0.3 is 6.09 Å². The van der Waals surface area contributed by atoms with Gasteiger partial charge in [-0.3, -0.25) is 19.3 Å². The highest BCUT2D eigenvalue weighted by atomic mass is 16.4. The number of hydrogen-bond acceptors (Lipinski definition) is 5. The number of rotatable bonds is 14. The van der Waals surface area contributed by atoms with E-state index in [4.69, 9.17) is 0 Å². The lowest BCUT2D eigenvalue weighted by molar-refractivity contribution is -0.135. The summed E-state index contributed by atoms with van der Waals surface area (Å²) in [6.07, 6.45) is -2.26. The number of aliphatic hydroxyl groups is 1. The van der Waals surface area contributed by atoms with Gasteiger partial charge in [0.15, 0.2) is 0 Å². The zero-order valence-electron chi connectivity index (χ0n) is 28.0. The monoisotopic (exact) mass is 624 g/mol. The first kappa shape index (κ1) is 37.3. The third-order valence-corrected chi connectivity index (χ3v) is 7.53. The van der Waals surface area contributed by atoms with Crippen LogP contribution in [0.1, 0.15) is 72.9 Å². The highest BCUT2D eigenvalue weighted by molar-refractivity contribution is 5.87. The first-order chi connectivity index (χ1) is 20.9. The molecule has 0 radical (unpaired) electrons. The second-order valence-electron chi connectivity index (χ2n) is 14.1. The van der Waals surface area contributed by atoms with Crippen molar-refractivity contribution in [1.29, 1.82) is 0 Å². The fraction of sp³-hybridized carbons (Fsp3) is 0.543. The van der Waals surface area contributed by atoms with Gasteiger partial charge in [-0.15, -0.1) is 0 Å². The molecule has 45 heavy (non-hydrogen) atoms. The van der Waals surface area contributed by atoms with E-state index in [0.29, 0.717) is 0 Å². The van der Waals surface area contributed by atoms with Crippen molar-refractivity contribution in [2.75, 3.05) is 6.54 Å². The lowest BCUT2D eigenvalue weighted by atomic mass is 9.77. The molecule has 248 valence electrons. The Morgan fingerprint density at radius 3 is 1.82 bits per heavy atom. The van der Waals surface area contributed by atoms with Gasteiger partial charge in [0.1, 0.15) is 6.04 Å². The van der Waals surface area contributed by atoms with Gasteiger partial charge < -0.3 is 26.2 Å². The minimum absolute atomic E-state index is 0.0200. The smallest absolute Gasteiger partial charge is 0.408 e. The second kappa shape index (κ2) is 16.4. The van der Waals surface area contributed by atoms with Crippen LogP contribution in [0.2, 0.25) is 0 Å². The van der Waals surface area contributed by atoms with E-state index in [-0.39, 0.29) is 37.8 Å². The number of amides is 4. The van der Waals surface area contributed by atoms with Gasteiger partial charge in [-0.25, -0.2) is 4.79 Å². The highest BCUT2D eigenvalue weighted by Crippen LogP contribution is 2.29. The summed E-state index contributed by atoms with van der Waals surface area (Å²) < 4.78 is 0. The number of nitrogens with zero attached hydrogens (tertiary/aromatic N) is 1. The number of benzene rings is 2. The molecule has 0 unspecified atom stereocenters. The zero-order valence-corrected chi connectivity index (χ0v) is 28.0. The van der Waals surface area contributed by atoms with Gasteiger partial charge in [0.25, 0.3) is 0 Å². The van der Waals surface area contributed by atoms with Gasteiger partial charge in [0, 0.05) is 25.0 Å².